The van der Waals surface area contributed by atoms with Gasteiger partial charge in [-0.2, -0.15) is 0 Å². The Labute approximate surface area is 327 Å². The fraction of sp³-hybridized carbons (Fsp3) is 0.0909. The second-order valence-corrected chi connectivity index (χ2v) is 16.1. The third kappa shape index (κ3) is 4.80. The van der Waals surface area contributed by atoms with Gasteiger partial charge >= 0.3 is 0 Å². The fourth-order valence-electron chi connectivity index (χ4n) is 9.86. The molecule has 0 saturated carbocycles. The summed E-state index contributed by atoms with van der Waals surface area (Å²) in [6, 6.07) is 60.2. The third-order valence-corrected chi connectivity index (χ3v) is 12.5. The van der Waals surface area contributed by atoms with Crippen LogP contribution in [-0.4, -0.2) is 0 Å². The van der Waals surface area contributed by atoms with Crippen LogP contribution in [0.25, 0.3) is 99.3 Å². The molecule has 0 bridgehead atoms. The normalized spacial score (nSPS) is 13.6. The van der Waals surface area contributed by atoms with Crippen molar-refractivity contribution in [3.63, 3.8) is 0 Å². The topological polar surface area (TPSA) is 13.1 Å². The van der Waals surface area contributed by atoms with Crippen LogP contribution in [0, 0.1) is 6.92 Å². The molecule has 1 aliphatic rings. The highest BCUT2D eigenvalue weighted by molar-refractivity contribution is 6.19. The van der Waals surface area contributed by atoms with Gasteiger partial charge in [0.25, 0.3) is 0 Å². The molecule has 0 fully saturated rings. The van der Waals surface area contributed by atoms with Gasteiger partial charge in [0, 0.05) is 16.2 Å². The summed E-state index contributed by atoms with van der Waals surface area (Å²) in [5.41, 5.74) is 17.2. The second kappa shape index (κ2) is 12.2. The summed E-state index contributed by atoms with van der Waals surface area (Å²) in [5, 5.41) is 10.0. The van der Waals surface area contributed by atoms with E-state index in [1.807, 2.05) is 6.07 Å². The highest BCUT2D eigenvalue weighted by Gasteiger charge is 2.37. The van der Waals surface area contributed by atoms with Crippen LogP contribution in [0.4, 0.5) is 0 Å². The molecule has 11 rings (SSSR count). The van der Waals surface area contributed by atoms with Crippen LogP contribution >= 0.6 is 0 Å². The highest BCUT2D eigenvalue weighted by Crippen LogP contribution is 2.53. The van der Waals surface area contributed by atoms with Gasteiger partial charge in [0.15, 0.2) is 0 Å². The molecule has 0 atom stereocenters. The van der Waals surface area contributed by atoms with Crippen LogP contribution < -0.4 is 0 Å². The zero-order valence-electron chi connectivity index (χ0n) is 32.1. The van der Waals surface area contributed by atoms with Crippen LogP contribution in [0.5, 0.6) is 0 Å². The van der Waals surface area contributed by atoms with Crippen molar-refractivity contribution >= 4 is 65.9 Å². The molecule has 0 radical (unpaired) electrons. The molecule has 1 heteroatoms. The number of fused-ring (bicyclic) bond motifs is 10. The lowest BCUT2D eigenvalue weighted by atomic mass is 9.80. The van der Waals surface area contributed by atoms with E-state index in [2.05, 4.69) is 191 Å². The summed E-state index contributed by atoms with van der Waals surface area (Å²) in [5.74, 6) is 0. The number of furan rings is 1. The Bertz CT molecular complexity index is 3220. The monoisotopic (exact) mass is 716 g/mol. The lowest BCUT2D eigenvalue weighted by Gasteiger charge is -2.23. The minimum absolute atomic E-state index is 0.141. The van der Waals surface area contributed by atoms with Gasteiger partial charge in [-0.3, -0.25) is 0 Å². The second-order valence-electron chi connectivity index (χ2n) is 16.1. The van der Waals surface area contributed by atoms with Crippen molar-refractivity contribution in [1.82, 2.24) is 0 Å². The first-order chi connectivity index (χ1) is 27.3. The zero-order valence-corrected chi connectivity index (χ0v) is 32.1. The van der Waals surface area contributed by atoms with Gasteiger partial charge in [0.2, 0.25) is 0 Å². The molecule has 1 nitrogen and oxygen atoms in total. The average Bonchev–Trinajstić information content (AvgIpc) is 3.70. The van der Waals surface area contributed by atoms with E-state index < -0.39 is 0 Å². The molecule has 1 aromatic heterocycles. The molecule has 0 amide bonds. The van der Waals surface area contributed by atoms with E-state index in [0.29, 0.717) is 0 Å². The van der Waals surface area contributed by atoms with E-state index in [1.54, 1.807) is 0 Å². The van der Waals surface area contributed by atoms with E-state index in [1.165, 1.54) is 110 Å². The maximum Gasteiger partial charge on any atom is 0.136 e. The smallest absolute Gasteiger partial charge is 0.136 e. The Hall–Kier alpha value is -6.70. The van der Waals surface area contributed by atoms with Gasteiger partial charge in [-0.05, 0) is 137 Å². The van der Waals surface area contributed by atoms with Gasteiger partial charge in [-0.1, -0.05) is 159 Å². The molecule has 0 saturated heterocycles. The summed E-state index contributed by atoms with van der Waals surface area (Å²) in [7, 11) is 0. The number of aryl methyl sites for hydroxylation is 1. The van der Waals surface area contributed by atoms with E-state index >= 15 is 0 Å². The van der Waals surface area contributed by atoms with Gasteiger partial charge in [-0.15, -0.1) is 0 Å². The molecule has 56 heavy (non-hydrogen) atoms. The standard InChI is InChI=1S/C55H40O/c1-33-28-37(23-22-36(33)29-34(2)52-41-17-8-10-19-43(41)53(35-14-6-5-7-15-35)44-20-11-9-18-42(44)52)38-25-27-49-47(30-38)45-26-24-39-31-48-40-16-12-13-21-50(40)56-51(48)32-46(39)54(45)55(49,3)4/h5-32H,1-4H3/b34-29+. The van der Waals surface area contributed by atoms with Crippen LogP contribution in [0.3, 0.4) is 0 Å². The maximum absolute atomic E-state index is 6.37. The van der Waals surface area contributed by atoms with Crippen molar-refractivity contribution < 1.29 is 4.42 Å². The van der Waals surface area contributed by atoms with Crippen molar-refractivity contribution in [3.8, 4) is 33.4 Å². The van der Waals surface area contributed by atoms with E-state index in [0.717, 1.165) is 11.2 Å². The van der Waals surface area contributed by atoms with Crippen LogP contribution in [0.1, 0.15) is 48.6 Å². The molecule has 1 aliphatic carbocycles. The minimum Gasteiger partial charge on any atom is -0.456 e. The number of hydrogen-bond acceptors (Lipinski definition) is 1. The highest BCUT2D eigenvalue weighted by atomic mass is 16.3. The predicted octanol–water partition coefficient (Wildman–Crippen LogP) is 15.6. The first kappa shape index (κ1) is 32.7. The molecule has 0 unspecified atom stereocenters. The largest absolute Gasteiger partial charge is 0.456 e. The van der Waals surface area contributed by atoms with Crippen molar-refractivity contribution in [3.05, 3.63) is 192 Å². The summed E-state index contributed by atoms with van der Waals surface area (Å²) in [6.45, 7) is 9.25. The molecule has 9 aromatic carbocycles. The van der Waals surface area contributed by atoms with Gasteiger partial charge in [-0.25, -0.2) is 0 Å². The summed E-state index contributed by atoms with van der Waals surface area (Å²) < 4.78 is 6.37. The molecule has 0 aliphatic heterocycles. The Morgan fingerprint density at radius 2 is 1.14 bits per heavy atom. The molecular formula is C55H40O. The molecule has 0 spiro atoms. The summed E-state index contributed by atoms with van der Waals surface area (Å²) >= 11 is 0. The molecular weight excluding hydrogens is 677 g/mol. The first-order valence-electron chi connectivity index (χ1n) is 19.7. The molecule has 10 aromatic rings. The van der Waals surface area contributed by atoms with E-state index in [9.17, 15) is 0 Å². The van der Waals surface area contributed by atoms with Crippen LogP contribution in [0.2, 0.25) is 0 Å². The molecule has 266 valence electrons. The summed E-state index contributed by atoms with van der Waals surface area (Å²) in [4.78, 5) is 0. The number of rotatable bonds is 4. The summed E-state index contributed by atoms with van der Waals surface area (Å²) in [6.07, 6.45) is 2.38. The lowest BCUT2D eigenvalue weighted by Crippen LogP contribution is -2.15. The van der Waals surface area contributed by atoms with Gasteiger partial charge in [0.1, 0.15) is 11.2 Å². The number of para-hydroxylation sites is 1. The molecule has 1 heterocycles. The van der Waals surface area contributed by atoms with Crippen LogP contribution in [-0.2, 0) is 5.41 Å². The number of benzene rings is 9. The predicted molar refractivity (Wildman–Crippen MR) is 239 cm³/mol. The van der Waals surface area contributed by atoms with E-state index in [4.69, 9.17) is 4.42 Å². The lowest BCUT2D eigenvalue weighted by molar-refractivity contribution is 0.663. The minimum atomic E-state index is -0.141. The third-order valence-electron chi connectivity index (χ3n) is 12.5. The van der Waals surface area contributed by atoms with Crippen LogP contribution in [0.15, 0.2) is 168 Å². The Balaban J connectivity index is 0.994. The Morgan fingerprint density at radius 3 is 1.88 bits per heavy atom. The van der Waals surface area contributed by atoms with Gasteiger partial charge < -0.3 is 4.42 Å². The molecule has 0 N–H and O–H groups in total. The van der Waals surface area contributed by atoms with Crippen molar-refractivity contribution in [2.75, 3.05) is 0 Å². The van der Waals surface area contributed by atoms with Crippen molar-refractivity contribution in [2.45, 2.75) is 33.1 Å². The zero-order chi connectivity index (χ0) is 37.7. The van der Waals surface area contributed by atoms with Crippen molar-refractivity contribution in [1.29, 1.82) is 0 Å². The SMILES string of the molecule is C/C(=C\c1ccc(-c2ccc3c(c2)-c2ccc4cc5c(cc4c2C3(C)C)oc2ccccc25)cc1C)c1c2ccccc2c(-c2ccccc2)c2ccccc12. The Kier molecular flexibility index (Phi) is 7.10. The fourth-order valence-corrected chi connectivity index (χ4v) is 9.86. The first-order valence-corrected chi connectivity index (χ1v) is 19.7. The quantitative estimate of drug-likeness (QED) is 0.131. The number of hydrogen-bond donors (Lipinski definition) is 0. The maximum atomic E-state index is 6.37. The van der Waals surface area contributed by atoms with Gasteiger partial charge in [0.05, 0.1) is 0 Å². The van der Waals surface area contributed by atoms with E-state index in [-0.39, 0.29) is 5.41 Å². The van der Waals surface area contributed by atoms with Crippen molar-refractivity contribution in [2.24, 2.45) is 0 Å². The Morgan fingerprint density at radius 1 is 0.500 bits per heavy atom. The number of allylic oxidation sites excluding steroid dienone is 1. The average molecular weight is 717 g/mol.